The zero-order chi connectivity index (χ0) is 26.2. The molecular weight excluding hydrogens is 528 g/mol. The fourth-order valence-corrected chi connectivity index (χ4v) is 4.28. The van der Waals surface area contributed by atoms with E-state index in [2.05, 4.69) is 0 Å². The van der Waals surface area contributed by atoms with Crippen LogP contribution in [0, 0.1) is 0 Å². The lowest BCUT2D eigenvalue weighted by Gasteiger charge is -2.28. The molecule has 0 aliphatic rings. The van der Waals surface area contributed by atoms with Gasteiger partial charge in [0.15, 0.2) is 5.75 Å². The molecule has 0 fully saturated rings. The zero-order valence-electron chi connectivity index (χ0n) is 19.5. The van der Waals surface area contributed by atoms with Crippen molar-refractivity contribution in [1.82, 2.24) is 0 Å². The zero-order valence-corrected chi connectivity index (χ0v) is 21.8. The molecule has 0 radical (unpaired) electrons. The second-order valence-electron chi connectivity index (χ2n) is 7.97. The molecule has 0 amide bonds. The summed E-state index contributed by atoms with van der Waals surface area (Å²) in [5.41, 5.74) is 0.600. The summed E-state index contributed by atoms with van der Waals surface area (Å²) < 4.78 is 73.7. The maximum atomic E-state index is 12.6. The highest BCUT2D eigenvalue weighted by molar-refractivity contribution is 7.89. The van der Waals surface area contributed by atoms with Gasteiger partial charge in [0, 0.05) is 19.2 Å². The smallest absolute Gasteiger partial charge is 0.411 e. The lowest BCUT2D eigenvalue weighted by Crippen LogP contribution is -2.27. The first-order chi connectivity index (χ1) is 16.4. The molecule has 6 nitrogen and oxygen atoms in total. The van der Waals surface area contributed by atoms with Crippen LogP contribution < -0.4 is 14.8 Å². The van der Waals surface area contributed by atoms with Crippen molar-refractivity contribution in [2.45, 2.75) is 57.2 Å². The number of sulfonamides is 1. The molecule has 0 saturated carbocycles. The molecule has 0 spiro atoms. The summed E-state index contributed by atoms with van der Waals surface area (Å²) in [6, 6.07) is 7.20. The second-order valence-corrected chi connectivity index (χ2v) is 10.3. The highest BCUT2D eigenvalue weighted by Crippen LogP contribution is 2.41. The molecule has 35 heavy (non-hydrogen) atoms. The standard InChI is InChI=1S/C23H29Cl2F3N2O4S/c1-3-5-9-30(10-6-4-2)20-11-16(14-33-15-23(26,27)28)12-21(35(29,31)32)22(20)34-17-7-8-18(24)19(25)13-17/h7-8,11-13H,3-6,9-10,14-15H2,1-2H3,(H2,29,31,32). The third-order valence-electron chi connectivity index (χ3n) is 4.95. The Kier molecular flexibility index (Phi) is 11.0. The molecule has 0 bridgehead atoms. The van der Waals surface area contributed by atoms with E-state index in [1.807, 2.05) is 18.7 Å². The fourth-order valence-electron chi connectivity index (χ4n) is 3.27. The Bertz CT molecular complexity index is 1090. The van der Waals surface area contributed by atoms with Crippen LogP contribution in [0.25, 0.3) is 0 Å². The molecule has 0 unspecified atom stereocenters. The van der Waals surface area contributed by atoms with Crippen molar-refractivity contribution in [3.8, 4) is 11.5 Å². The summed E-state index contributed by atoms with van der Waals surface area (Å²) in [6.45, 7) is 3.25. The van der Waals surface area contributed by atoms with Gasteiger partial charge in [-0.25, -0.2) is 13.6 Å². The average molecular weight is 557 g/mol. The van der Waals surface area contributed by atoms with Gasteiger partial charge in [-0.2, -0.15) is 13.2 Å². The Morgan fingerprint density at radius 2 is 1.63 bits per heavy atom. The number of hydrogen-bond donors (Lipinski definition) is 1. The van der Waals surface area contributed by atoms with Gasteiger partial charge in [-0.05, 0) is 42.7 Å². The van der Waals surface area contributed by atoms with Gasteiger partial charge in [0.2, 0.25) is 10.0 Å². The number of nitrogens with two attached hydrogens (primary N) is 1. The van der Waals surface area contributed by atoms with Gasteiger partial charge in [0.1, 0.15) is 17.3 Å². The first kappa shape index (κ1) is 29.5. The second kappa shape index (κ2) is 13.0. The Labute approximate surface area is 214 Å². The average Bonchev–Trinajstić information content (AvgIpc) is 2.75. The molecule has 0 aliphatic carbocycles. The van der Waals surface area contributed by atoms with Gasteiger partial charge in [0.05, 0.1) is 22.3 Å². The summed E-state index contributed by atoms with van der Waals surface area (Å²) in [5, 5.41) is 6.00. The molecule has 0 atom stereocenters. The maximum Gasteiger partial charge on any atom is 0.411 e. The van der Waals surface area contributed by atoms with Gasteiger partial charge in [-0.1, -0.05) is 49.9 Å². The summed E-state index contributed by atoms with van der Waals surface area (Å²) >= 11 is 12.1. The van der Waals surface area contributed by atoms with Crippen molar-refractivity contribution in [2.75, 3.05) is 24.6 Å². The third-order valence-corrected chi connectivity index (χ3v) is 6.61. The van der Waals surface area contributed by atoms with Gasteiger partial charge in [-0.15, -0.1) is 0 Å². The van der Waals surface area contributed by atoms with Crippen molar-refractivity contribution in [1.29, 1.82) is 0 Å². The summed E-state index contributed by atoms with van der Waals surface area (Å²) in [6.07, 6.45) is -1.16. The van der Waals surface area contributed by atoms with Crippen molar-refractivity contribution in [2.24, 2.45) is 5.14 Å². The van der Waals surface area contributed by atoms with Crippen molar-refractivity contribution in [3.63, 3.8) is 0 Å². The highest BCUT2D eigenvalue weighted by atomic mass is 35.5. The number of hydrogen-bond acceptors (Lipinski definition) is 5. The number of benzene rings is 2. The molecular formula is C23H29Cl2F3N2O4S. The molecule has 0 aromatic heterocycles. The minimum atomic E-state index is -4.52. The van der Waals surface area contributed by atoms with Crippen LogP contribution in [0.1, 0.15) is 45.1 Å². The third kappa shape index (κ3) is 9.34. The van der Waals surface area contributed by atoms with E-state index in [-0.39, 0.29) is 32.0 Å². The van der Waals surface area contributed by atoms with Crippen LogP contribution in [0.4, 0.5) is 18.9 Å². The predicted octanol–water partition coefficient (Wildman–Crippen LogP) is 6.92. The monoisotopic (exact) mass is 556 g/mol. The molecule has 2 N–H and O–H groups in total. The maximum absolute atomic E-state index is 12.6. The van der Waals surface area contributed by atoms with Crippen LogP contribution in [0.2, 0.25) is 10.0 Å². The van der Waals surface area contributed by atoms with E-state index in [1.165, 1.54) is 24.3 Å². The normalized spacial score (nSPS) is 12.1. The van der Waals surface area contributed by atoms with Gasteiger partial charge in [0.25, 0.3) is 0 Å². The van der Waals surface area contributed by atoms with Gasteiger partial charge >= 0.3 is 6.18 Å². The molecule has 12 heteroatoms. The van der Waals surface area contributed by atoms with Gasteiger partial charge < -0.3 is 14.4 Å². The summed E-state index contributed by atoms with van der Waals surface area (Å²) in [5.74, 6) is 0.176. The number of anilines is 1. The van der Waals surface area contributed by atoms with Crippen LogP contribution in [0.5, 0.6) is 11.5 Å². The lowest BCUT2D eigenvalue weighted by atomic mass is 10.1. The first-order valence-corrected chi connectivity index (χ1v) is 13.4. The number of alkyl halides is 3. The number of halogens is 5. The predicted molar refractivity (Wildman–Crippen MR) is 132 cm³/mol. The molecule has 0 heterocycles. The molecule has 0 saturated heterocycles. The van der Waals surface area contributed by atoms with Crippen molar-refractivity contribution in [3.05, 3.63) is 45.9 Å². The Morgan fingerprint density at radius 1 is 1.00 bits per heavy atom. The molecule has 2 aromatic carbocycles. The summed E-state index contributed by atoms with van der Waals surface area (Å²) in [7, 11) is -4.33. The molecule has 2 rings (SSSR count). The van der Waals surface area contributed by atoms with Crippen molar-refractivity contribution < 1.29 is 31.1 Å². The van der Waals surface area contributed by atoms with E-state index in [9.17, 15) is 21.6 Å². The number of unbranched alkanes of at least 4 members (excludes halogenated alkanes) is 2. The minimum absolute atomic E-state index is 0.0438. The van der Waals surface area contributed by atoms with Crippen LogP contribution in [-0.4, -0.2) is 34.3 Å². The van der Waals surface area contributed by atoms with E-state index < -0.39 is 29.4 Å². The van der Waals surface area contributed by atoms with E-state index in [0.717, 1.165) is 25.7 Å². The number of nitrogens with zero attached hydrogens (tertiary/aromatic N) is 1. The molecule has 2 aromatic rings. The Hall–Kier alpha value is -1.72. The SMILES string of the molecule is CCCCN(CCCC)c1cc(COCC(F)(F)F)cc(S(N)(=O)=O)c1Oc1ccc(Cl)c(Cl)c1. The quantitative estimate of drug-likeness (QED) is 0.289. The number of ether oxygens (including phenoxy) is 2. The van der Waals surface area contributed by atoms with E-state index in [4.69, 9.17) is 37.8 Å². The fraction of sp³-hybridized carbons (Fsp3) is 0.478. The topological polar surface area (TPSA) is 81.9 Å². The Morgan fingerprint density at radius 3 is 2.14 bits per heavy atom. The summed E-state index contributed by atoms with van der Waals surface area (Å²) in [4.78, 5) is 1.58. The van der Waals surface area contributed by atoms with Crippen molar-refractivity contribution >= 4 is 38.9 Å². The van der Waals surface area contributed by atoms with E-state index >= 15 is 0 Å². The first-order valence-electron chi connectivity index (χ1n) is 11.1. The van der Waals surface area contributed by atoms with Gasteiger partial charge in [-0.3, -0.25) is 0 Å². The molecule has 196 valence electrons. The van der Waals surface area contributed by atoms with E-state index in [1.54, 1.807) is 6.07 Å². The van der Waals surface area contributed by atoms with E-state index in [0.29, 0.717) is 18.8 Å². The van der Waals surface area contributed by atoms with Crippen LogP contribution in [0.3, 0.4) is 0 Å². The highest BCUT2D eigenvalue weighted by Gasteiger charge is 2.28. The minimum Gasteiger partial charge on any atom is -0.454 e. The van der Waals surface area contributed by atoms with Crippen LogP contribution >= 0.6 is 23.2 Å². The van der Waals surface area contributed by atoms with Crippen LogP contribution in [0.15, 0.2) is 35.2 Å². The molecule has 0 aliphatic heterocycles. The Balaban J connectivity index is 2.65. The van der Waals surface area contributed by atoms with Crippen LogP contribution in [-0.2, 0) is 21.4 Å². The number of rotatable bonds is 13. The number of primary sulfonamides is 1. The largest absolute Gasteiger partial charge is 0.454 e. The lowest BCUT2D eigenvalue weighted by molar-refractivity contribution is -0.176.